The number of aliphatic hydroxyl groups excluding tert-OH is 1. The number of carboxylic acids is 1. The molecule has 4 unspecified atom stereocenters. The third-order valence-corrected chi connectivity index (χ3v) is 4.41. The van der Waals surface area contributed by atoms with Crippen molar-refractivity contribution in [2.45, 2.75) is 83.5 Å². The van der Waals surface area contributed by atoms with Gasteiger partial charge in [-0.2, -0.15) is 0 Å². The van der Waals surface area contributed by atoms with Gasteiger partial charge in [-0.05, 0) is 38.5 Å². The summed E-state index contributed by atoms with van der Waals surface area (Å²) < 4.78 is 5.48. The molecule has 1 saturated heterocycles. The molecule has 2 N–H and O–H groups in total. The summed E-state index contributed by atoms with van der Waals surface area (Å²) >= 11 is 0. The molecule has 1 heterocycles. The second-order valence-electron chi connectivity index (χ2n) is 6.82. The first-order valence-corrected chi connectivity index (χ1v) is 9.59. The second-order valence-corrected chi connectivity index (χ2v) is 6.82. The number of ether oxygens (including phenoxy) is 1. The van der Waals surface area contributed by atoms with Crippen molar-refractivity contribution in [2.24, 2.45) is 5.92 Å². The number of hydrogen-bond acceptors (Lipinski definition) is 3. The predicted octanol–water partition coefficient (Wildman–Crippen LogP) is 4.64. The average Bonchev–Trinajstić information content (AvgIpc) is 3.34. The summed E-state index contributed by atoms with van der Waals surface area (Å²) in [5, 5.41) is 18.8. The van der Waals surface area contributed by atoms with Gasteiger partial charge in [0.2, 0.25) is 0 Å². The first kappa shape index (κ1) is 21.7. The lowest BCUT2D eigenvalue weighted by atomic mass is 10.0. The summed E-state index contributed by atoms with van der Waals surface area (Å²) in [5.74, 6) is -1.09. The molecule has 1 aliphatic rings. The monoisotopic (exact) mass is 350 g/mol. The van der Waals surface area contributed by atoms with Crippen LogP contribution in [0.3, 0.4) is 0 Å². The Balaban J connectivity index is 2.06. The van der Waals surface area contributed by atoms with Gasteiger partial charge in [-0.1, -0.05) is 63.1 Å². The Morgan fingerprint density at radius 3 is 2.68 bits per heavy atom. The minimum absolute atomic E-state index is 0.0330. The van der Waals surface area contributed by atoms with Crippen LogP contribution in [-0.2, 0) is 9.53 Å². The van der Waals surface area contributed by atoms with Crippen molar-refractivity contribution in [3.63, 3.8) is 0 Å². The van der Waals surface area contributed by atoms with Crippen molar-refractivity contribution in [3.8, 4) is 0 Å². The van der Waals surface area contributed by atoms with Gasteiger partial charge in [0.05, 0.1) is 18.1 Å². The van der Waals surface area contributed by atoms with E-state index in [9.17, 15) is 9.90 Å². The summed E-state index contributed by atoms with van der Waals surface area (Å²) in [6.07, 6.45) is 19.7. The number of aliphatic hydroxyl groups is 1. The Bertz CT molecular complexity index is 453. The van der Waals surface area contributed by atoms with Crippen molar-refractivity contribution in [3.05, 3.63) is 36.5 Å². The molecule has 0 amide bonds. The van der Waals surface area contributed by atoms with Gasteiger partial charge in [0.15, 0.2) is 0 Å². The van der Waals surface area contributed by atoms with Crippen molar-refractivity contribution in [1.82, 2.24) is 0 Å². The van der Waals surface area contributed by atoms with Gasteiger partial charge in [0.25, 0.3) is 0 Å². The molecule has 4 nitrogen and oxygen atoms in total. The summed E-state index contributed by atoms with van der Waals surface area (Å²) in [6, 6.07) is 0. The first-order valence-electron chi connectivity index (χ1n) is 9.59. The van der Waals surface area contributed by atoms with Crippen LogP contribution in [0.2, 0.25) is 0 Å². The molecule has 1 rings (SSSR count). The van der Waals surface area contributed by atoms with Crippen LogP contribution in [-0.4, -0.2) is 34.5 Å². The van der Waals surface area contributed by atoms with Gasteiger partial charge >= 0.3 is 5.97 Å². The maximum absolute atomic E-state index is 10.8. The van der Waals surface area contributed by atoms with E-state index in [0.29, 0.717) is 12.8 Å². The molecule has 25 heavy (non-hydrogen) atoms. The van der Waals surface area contributed by atoms with E-state index in [1.165, 1.54) is 19.3 Å². The number of hydrogen-bond donors (Lipinski definition) is 2. The molecule has 1 fully saturated rings. The number of rotatable bonds is 14. The summed E-state index contributed by atoms with van der Waals surface area (Å²) in [4.78, 5) is 10.8. The molecule has 142 valence electrons. The van der Waals surface area contributed by atoms with Gasteiger partial charge in [0.1, 0.15) is 6.10 Å². The third kappa shape index (κ3) is 11.0. The minimum atomic E-state index is -0.759. The number of carboxylic acid groups (broad SMARTS) is 1. The fourth-order valence-electron chi connectivity index (χ4n) is 2.55. The Hall–Kier alpha value is -1.39. The van der Waals surface area contributed by atoms with Gasteiger partial charge in [-0.25, -0.2) is 0 Å². The maximum Gasteiger partial charge on any atom is 0.306 e. The van der Waals surface area contributed by atoms with Crippen molar-refractivity contribution in [2.75, 3.05) is 0 Å². The zero-order chi connectivity index (χ0) is 18.5. The van der Waals surface area contributed by atoms with E-state index in [0.717, 1.165) is 19.3 Å². The van der Waals surface area contributed by atoms with Crippen molar-refractivity contribution in [1.29, 1.82) is 0 Å². The van der Waals surface area contributed by atoms with Crippen LogP contribution in [0.4, 0.5) is 0 Å². The van der Waals surface area contributed by atoms with E-state index in [1.807, 2.05) is 12.2 Å². The molecular weight excluding hydrogens is 316 g/mol. The molecule has 0 bridgehead atoms. The van der Waals surface area contributed by atoms with E-state index < -0.39 is 12.1 Å². The zero-order valence-electron chi connectivity index (χ0n) is 15.6. The molecule has 0 spiro atoms. The molecular formula is C21H34O4. The van der Waals surface area contributed by atoms with Crippen LogP contribution in [0, 0.1) is 5.92 Å². The smallest absolute Gasteiger partial charge is 0.306 e. The first-order chi connectivity index (χ1) is 12.0. The molecule has 0 radical (unpaired) electrons. The van der Waals surface area contributed by atoms with Gasteiger partial charge in [-0.15, -0.1) is 0 Å². The molecule has 0 saturated carbocycles. The van der Waals surface area contributed by atoms with E-state index >= 15 is 0 Å². The molecule has 0 aromatic carbocycles. The van der Waals surface area contributed by atoms with Crippen LogP contribution >= 0.6 is 0 Å². The highest BCUT2D eigenvalue weighted by molar-refractivity contribution is 5.69. The van der Waals surface area contributed by atoms with Crippen LogP contribution in [0.25, 0.3) is 0 Å². The molecule has 4 heteroatoms. The lowest BCUT2D eigenvalue weighted by molar-refractivity contribution is -0.141. The fourth-order valence-corrected chi connectivity index (χ4v) is 2.55. The highest BCUT2D eigenvalue weighted by Crippen LogP contribution is 2.29. The molecule has 0 aromatic rings. The van der Waals surface area contributed by atoms with Crippen LogP contribution in [0.1, 0.15) is 65.2 Å². The lowest BCUT2D eigenvalue weighted by Gasteiger charge is -2.02. The summed E-state index contributed by atoms with van der Waals surface area (Å²) in [6.45, 7) is 3.92. The number of unbranched alkanes of at least 4 members (excludes halogenated alkanes) is 3. The predicted molar refractivity (Wildman–Crippen MR) is 101 cm³/mol. The summed E-state index contributed by atoms with van der Waals surface area (Å²) in [7, 11) is 0. The Morgan fingerprint density at radius 1 is 1.20 bits per heavy atom. The van der Waals surface area contributed by atoms with Crippen LogP contribution in [0.15, 0.2) is 36.5 Å². The van der Waals surface area contributed by atoms with Gasteiger partial charge in [-0.3, -0.25) is 4.79 Å². The Labute approximate surface area is 152 Å². The van der Waals surface area contributed by atoms with Crippen LogP contribution < -0.4 is 0 Å². The highest BCUT2D eigenvalue weighted by atomic mass is 16.6. The van der Waals surface area contributed by atoms with E-state index in [-0.39, 0.29) is 18.1 Å². The highest BCUT2D eigenvalue weighted by Gasteiger charge is 2.36. The van der Waals surface area contributed by atoms with Crippen molar-refractivity contribution >= 4 is 5.97 Å². The number of carbonyl (C=O) groups is 1. The van der Waals surface area contributed by atoms with E-state index in [2.05, 4.69) is 25.2 Å². The third-order valence-electron chi connectivity index (χ3n) is 4.41. The lowest BCUT2D eigenvalue weighted by Crippen LogP contribution is -2.10. The Kier molecular flexibility index (Phi) is 11.2. The topological polar surface area (TPSA) is 70.1 Å². The molecule has 1 aliphatic heterocycles. The Morgan fingerprint density at radius 2 is 1.96 bits per heavy atom. The number of epoxide rings is 1. The van der Waals surface area contributed by atoms with E-state index in [1.54, 1.807) is 13.0 Å². The minimum Gasteiger partial charge on any atom is -0.481 e. The summed E-state index contributed by atoms with van der Waals surface area (Å²) in [5.41, 5.74) is 0. The molecule has 0 aliphatic carbocycles. The maximum atomic E-state index is 10.8. The molecule has 0 aromatic heterocycles. The standard InChI is InChI=1S/C21H34O4/c1-3-4-5-6-7-8-9-10-11-12-18(22)14-16-20-19(25-20)15-13-17(2)21(23)24/h7-8,10-11,14,16-20,22H,3-6,9,12-13,15H2,1-2H3,(H,23,24)/b8-7-,11-10-,16-14+. The largest absolute Gasteiger partial charge is 0.481 e. The van der Waals surface area contributed by atoms with Gasteiger partial charge in [0, 0.05) is 0 Å². The number of allylic oxidation sites excluding steroid dienone is 3. The normalized spacial score (nSPS) is 22.8. The zero-order valence-corrected chi connectivity index (χ0v) is 15.6. The van der Waals surface area contributed by atoms with E-state index in [4.69, 9.17) is 9.84 Å². The van der Waals surface area contributed by atoms with Gasteiger partial charge < -0.3 is 14.9 Å². The van der Waals surface area contributed by atoms with Crippen LogP contribution in [0.5, 0.6) is 0 Å². The fraction of sp³-hybridized carbons (Fsp3) is 0.667. The van der Waals surface area contributed by atoms with Crippen molar-refractivity contribution < 1.29 is 19.7 Å². The second kappa shape index (κ2) is 12.9. The molecule has 4 atom stereocenters. The quantitative estimate of drug-likeness (QED) is 0.272. The average molecular weight is 350 g/mol. The SMILES string of the molecule is CCCCC/C=C\C/C=C\CC(O)/C=C/C1OC1CCC(C)C(=O)O. The number of aliphatic carboxylic acids is 1.